The molecule has 2 amide bonds. The Balaban J connectivity index is 1.44. The molecule has 0 saturated carbocycles. The summed E-state index contributed by atoms with van der Waals surface area (Å²) in [6, 6.07) is 14.5. The number of carbonyl (C=O) groups is 3. The lowest BCUT2D eigenvalue weighted by Crippen LogP contribution is -2.36. The normalized spacial score (nSPS) is 21.3. The number of aliphatic carboxylic acids is 1. The molecule has 3 heterocycles. The van der Waals surface area contributed by atoms with Crippen LogP contribution in [0.4, 0.5) is 0 Å². The summed E-state index contributed by atoms with van der Waals surface area (Å²) in [6.07, 6.45) is 0. The van der Waals surface area contributed by atoms with Crippen LogP contribution in [0.15, 0.2) is 58.4 Å². The van der Waals surface area contributed by atoms with Crippen LogP contribution in [0.2, 0.25) is 5.02 Å². The molecule has 3 aromatic rings. The standard InChI is InChI=1S/C23H17ClN2O6S2/c24-13-3-1-2-11(8-13)10-32-14-6-4-12(5-7-14)16-17-19(33-20-18(16)34-23(31)25-20)22(30)26(21(17)29)9-15(27)28/h1-8,16-17,19H,9-10H2,(H,25,31)(H,27,28)/t16-,17+,19-/m0/s1. The number of thiazole rings is 1. The van der Waals surface area contributed by atoms with Crippen LogP contribution in [-0.4, -0.2) is 44.6 Å². The van der Waals surface area contributed by atoms with E-state index in [-0.39, 0.29) is 4.87 Å². The predicted octanol–water partition coefficient (Wildman–Crippen LogP) is 3.34. The van der Waals surface area contributed by atoms with Crippen molar-refractivity contribution < 1.29 is 24.2 Å². The number of rotatable bonds is 6. The van der Waals surface area contributed by atoms with Gasteiger partial charge in [0.05, 0.1) is 10.9 Å². The average Bonchev–Trinajstić information content (AvgIpc) is 3.28. The molecule has 5 rings (SSSR count). The van der Waals surface area contributed by atoms with Gasteiger partial charge < -0.3 is 14.8 Å². The fourth-order valence-corrected chi connectivity index (χ4v) is 7.04. The number of fused-ring (bicyclic) bond motifs is 2. The van der Waals surface area contributed by atoms with E-state index in [9.17, 15) is 19.2 Å². The van der Waals surface area contributed by atoms with Gasteiger partial charge in [0.2, 0.25) is 11.8 Å². The first-order valence-corrected chi connectivity index (χ1v) is 12.3. The van der Waals surface area contributed by atoms with Gasteiger partial charge in [-0.15, -0.1) is 0 Å². The van der Waals surface area contributed by atoms with Gasteiger partial charge in [0.15, 0.2) is 0 Å². The van der Waals surface area contributed by atoms with E-state index in [4.69, 9.17) is 21.4 Å². The molecular formula is C23H17ClN2O6S2. The molecule has 8 nitrogen and oxygen atoms in total. The van der Waals surface area contributed by atoms with Gasteiger partial charge in [-0.3, -0.25) is 24.1 Å². The number of halogens is 1. The number of likely N-dealkylation sites (tertiary alicyclic amines) is 1. The third-order valence-corrected chi connectivity index (χ3v) is 8.38. The molecule has 0 unspecified atom stereocenters. The first kappa shape index (κ1) is 22.7. The molecule has 1 aromatic heterocycles. The maximum atomic E-state index is 13.1. The number of carbonyl (C=O) groups excluding carboxylic acids is 2. The fraction of sp³-hybridized carbons (Fsp3) is 0.217. The van der Waals surface area contributed by atoms with E-state index in [1.54, 1.807) is 30.3 Å². The van der Waals surface area contributed by atoms with Crippen LogP contribution in [0.5, 0.6) is 5.75 Å². The van der Waals surface area contributed by atoms with E-state index >= 15 is 0 Å². The van der Waals surface area contributed by atoms with Crippen LogP contribution in [0.25, 0.3) is 0 Å². The lowest BCUT2D eigenvalue weighted by atomic mass is 9.83. The Kier molecular flexibility index (Phi) is 5.97. The zero-order valence-electron chi connectivity index (χ0n) is 17.4. The Hall–Kier alpha value is -3.08. The molecule has 1 saturated heterocycles. The van der Waals surface area contributed by atoms with Crippen LogP contribution >= 0.6 is 34.7 Å². The van der Waals surface area contributed by atoms with E-state index in [0.29, 0.717) is 27.3 Å². The van der Waals surface area contributed by atoms with Crippen molar-refractivity contribution >= 4 is 52.5 Å². The first-order valence-electron chi connectivity index (χ1n) is 10.3. The van der Waals surface area contributed by atoms with Gasteiger partial charge in [0, 0.05) is 15.8 Å². The molecule has 0 spiro atoms. The summed E-state index contributed by atoms with van der Waals surface area (Å²) >= 11 is 8.13. The summed E-state index contributed by atoms with van der Waals surface area (Å²) in [6.45, 7) is -0.357. The van der Waals surface area contributed by atoms with Gasteiger partial charge in [0.25, 0.3) is 0 Å². The van der Waals surface area contributed by atoms with Crippen molar-refractivity contribution in [3.8, 4) is 5.75 Å². The van der Waals surface area contributed by atoms with Crippen molar-refractivity contribution in [2.75, 3.05) is 6.54 Å². The maximum Gasteiger partial charge on any atom is 0.323 e. The summed E-state index contributed by atoms with van der Waals surface area (Å²) < 4.78 is 5.84. The summed E-state index contributed by atoms with van der Waals surface area (Å²) in [4.78, 5) is 53.3. The Labute approximate surface area is 206 Å². The molecule has 0 radical (unpaired) electrons. The highest BCUT2D eigenvalue weighted by molar-refractivity contribution is 8.00. The number of hydrogen-bond acceptors (Lipinski definition) is 7. The van der Waals surface area contributed by atoms with E-state index in [1.807, 2.05) is 18.2 Å². The molecule has 0 aliphatic carbocycles. The average molecular weight is 517 g/mol. The van der Waals surface area contributed by atoms with Crippen LogP contribution < -0.4 is 9.61 Å². The summed E-state index contributed by atoms with van der Waals surface area (Å²) in [7, 11) is 0. The summed E-state index contributed by atoms with van der Waals surface area (Å²) in [5.74, 6) is -3.09. The Morgan fingerprint density at radius 1 is 1.12 bits per heavy atom. The number of carboxylic acid groups (broad SMARTS) is 1. The predicted molar refractivity (Wildman–Crippen MR) is 126 cm³/mol. The second-order valence-corrected chi connectivity index (χ2v) is 10.5. The van der Waals surface area contributed by atoms with Crippen LogP contribution in [-0.2, 0) is 21.0 Å². The number of nitrogens with one attached hydrogen (secondary N) is 1. The van der Waals surface area contributed by atoms with Gasteiger partial charge in [-0.25, -0.2) is 0 Å². The van der Waals surface area contributed by atoms with Gasteiger partial charge in [0.1, 0.15) is 24.2 Å². The number of nitrogens with zero attached hydrogens (tertiary/aromatic N) is 1. The van der Waals surface area contributed by atoms with Gasteiger partial charge in [-0.2, -0.15) is 0 Å². The van der Waals surface area contributed by atoms with Crippen LogP contribution in [0, 0.1) is 5.92 Å². The summed E-state index contributed by atoms with van der Waals surface area (Å²) in [5, 5.41) is 9.52. The van der Waals surface area contributed by atoms with E-state index in [2.05, 4.69) is 4.98 Å². The number of thioether (sulfide) groups is 1. The molecule has 2 N–H and O–H groups in total. The largest absolute Gasteiger partial charge is 0.489 e. The number of hydrogen-bond donors (Lipinski definition) is 2. The third-order valence-electron chi connectivity index (χ3n) is 5.74. The monoisotopic (exact) mass is 516 g/mol. The number of ether oxygens (including phenoxy) is 1. The minimum Gasteiger partial charge on any atom is -0.489 e. The fourth-order valence-electron chi connectivity index (χ4n) is 4.29. The molecular weight excluding hydrogens is 500 g/mol. The maximum absolute atomic E-state index is 13.1. The lowest BCUT2D eigenvalue weighted by Gasteiger charge is -2.29. The Morgan fingerprint density at radius 2 is 1.88 bits per heavy atom. The minimum absolute atomic E-state index is 0.272. The zero-order chi connectivity index (χ0) is 24.0. The van der Waals surface area contributed by atoms with Crippen LogP contribution in [0.1, 0.15) is 21.9 Å². The second-order valence-electron chi connectivity index (χ2n) is 7.89. The van der Waals surface area contributed by atoms with Gasteiger partial charge in [-0.1, -0.05) is 59.0 Å². The Bertz CT molecular complexity index is 1350. The lowest BCUT2D eigenvalue weighted by molar-refractivity contribution is -0.149. The highest BCUT2D eigenvalue weighted by Crippen LogP contribution is 2.52. The summed E-state index contributed by atoms with van der Waals surface area (Å²) in [5.41, 5.74) is 1.65. The minimum atomic E-state index is -1.26. The third kappa shape index (κ3) is 4.13. The van der Waals surface area contributed by atoms with Crippen molar-refractivity contribution in [1.82, 2.24) is 9.88 Å². The molecule has 34 heavy (non-hydrogen) atoms. The SMILES string of the molecule is O=C(O)CN1C(=O)[C@@H]2[C@H](c3ccc(OCc4cccc(Cl)c4)cc3)c3sc(=O)[nH]c3S[C@@H]2C1=O. The first-order chi connectivity index (χ1) is 16.3. The number of amides is 2. The van der Waals surface area contributed by atoms with Crippen molar-refractivity contribution in [3.63, 3.8) is 0 Å². The quantitative estimate of drug-likeness (QED) is 0.482. The number of carboxylic acids is 1. The number of H-pyrrole nitrogens is 1. The van der Waals surface area contributed by atoms with Crippen molar-refractivity contribution in [3.05, 3.63) is 79.2 Å². The molecule has 2 aliphatic rings. The molecule has 0 bridgehead atoms. The number of aromatic nitrogens is 1. The number of imide groups is 1. The second kappa shape index (κ2) is 8.94. The highest BCUT2D eigenvalue weighted by atomic mass is 35.5. The van der Waals surface area contributed by atoms with Gasteiger partial charge in [-0.05, 0) is 35.4 Å². The molecule has 1 fully saturated rings. The zero-order valence-corrected chi connectivity index (χ0v) is 19.8. The van der Waals surface area contributed by atoms with E-state index in [1.165, 1.54) is 0 Å². The van der Waals surface area contributed by atoms with E-state index in [0.717, 1.165) is 39.1 Å². The van der Waals surface area contributed by atoms with Crippen LogP contribution in [0.3, 0.4) is 0 Å². The van der Waals surface area contributed by atoms with Gasteiger partial charge >= 0.3 is 10.8 Å². The molecule has 2 aliphatic heterocycles. The van der Waals surface area contributed by atoms with Crippen molar-refractivity contribution in [2.24, 2.45) is 5.92 Å². The molecule has 3 atom stereocenters. The number of aromatic amines is 1. The molecule has 11 heteroatoms. The van der Waals surface area contributed by atoms with Crippen molar-refractivity contribution in [2.45, 2.75) is 22.8 Å². The Morgan fingerprint density at radius 3 is 2.59 bits per heavy atom. The molecule has 174 valence electrons. The topological polar surface area (TPSA) is 117 Å². The van der Waals surface area contributed by atoms with E-state index < -0.39 is 41.4 Å². The highest BCUT2D eigenvalue weighted by Gasteiger charge is 2.56. The molecule has 2 aromatic carbocycles. The number of benzene rings is 2. The van der Waals surface area contributed by atoms with Crippen molar-refractivity contribution in [1.29, 1.82) is 0 Å². The smallest absolute Gasteiger partial charge is 0.323 e.